The van der Waals surface area contributed by atoms with Gasteiger partial charge in [0.25, 0.3) is 5.91 Å². The van der Waals surface area contributed by atoms with Crippen LogP contribution in [0.4, 0.5) is 0 Å². The van der Waals surface area contributed by atoms with Gasteiger partial charge in [0.05, 0.1) is 20.2 Å². The Morgan fingerprint density at radius 1 is 1.04 bits per heavy atom. The fourth-order valence-electron chi connectivity index (χ4n) is 2.61. The largest absolute Gasteiger partial charge is 0.497 e. The van der Waals surface area contributed by atoms with Gasteiger partial charge >= 0.3 is 0 Å². The summed E-state index contributed by atoms with van der Waals surface area (Å²) in [4.78, 5) is 13.8. The summed E-state index contributed by atoms with van der Waals surface area (Å²) in [6.45, 7) is 8.25. The smallest absolute Gasteiger partial charge is 0.251 e. The van der Waals surface area contributed by atoms with Gasteiger partial charge < -0.3 is 15.0 Å². The molecule has 4 heteroatoms. The molecule has 0 fully saturated rings. The molecule has 0 aromatic heterocycles. The number of quaternary nitrogens is 1. The zero-order chi connectivity index (χ0) is 17.4. The summed E-state index contributed by atoms with van der Waals surface area (Å²) in [6.07, 6.45) is 0. The second kappa shape index (κ2) is 9.08. The van der Waals surface area contributed by atoms with Crippen LogP contribution in [0, 0.1) is 0 Å². The zero-order valence-electron chi connectivity index (χ0n) is 14.8. The van der Waals surface area contributed by atoms with Crippen molar-refractivity contribution in [3.63, 3.8) is 0 Å². The second-order valence-corrected chi connectivity index (χ2v) is 5.87. The molecule has 0 atom stereocenters. The highest BCUT2D eigenvalue weighted by Crippen LogP contribution is 2.12. The normalized spacial score (nSPS) is 10.7. The predicted octanol–water partition coefficient (Wildman–Crippen LogP) is 2.05. The molecule has 0 saturated heterocycles. The van der Waals surface area contributed by atoms with Crippen molar-refractivity contribution in [3.8, 4) is 5.75 Å². The molecule has 128 valence electrons. The van der Waals surface area contributed by atoms with Crippen molar-refractivity contribution in [1.82, 2.24) is 5.32 Å². The quantitative estimate of drug-likeness (QED) is 0.779. The van der Waals surface area contributed by atoms with Gasteiger partial charge in [-0.25, -0.2) is 0 Å². The minimum atomic E-state index is -0.0921. The third kappa shape index (κ3) is 5.10. The molecular weight excluding hydrogens is 300 g/mol. The summed E-state index contributed by atoms with van der Waals surface area (Å²) in [7, 11) is 1.60. The first-order valence-corrected chi connectivity index (χ1v) is 8.49. The molecule has 2 aromatic carbocycles. The SMILES string of the molecule is CC[NH+](CC)Cc1ccc(CNC(=O)c2cccc(OC)c2)cc1. The lowest BCUT2D eigenvalue weighted by Crippen LogP contribution is -3.10. The maximum Gasteiger partial charge on any atom is 0.251 e. The first-order chi connectivity index (χ1) is 11.7. The van der Waals surface area contributed by atoms with Gasteiger partial charge in [-0.3, -0.25) is 4.79 Å². The molecule has 0 saturated carbocycles. The molecule has 2 aromatic rings. The van der Waals surface area contributed by atoms with Gasteiger partial charge in [0.15, 0.2) is 0 Å². The van der Waals surface area contributed by atoms with Crippen LogP contribution in [0.1, 0.15) is 35.3 Å². The first-order valence-electron chi connectivity index (χ1n) is 8.49. The second-order valence-electron chi connectivity index (χ2n) is 5.87. The first kappa shape index (κ1) is 18.0. The van der Waals surface area contributed by atoms with E-state index in [1.165, 1.54) is 5.56 Å². The standard InChI is InChI=1S/C20H26N2O2/c1-4-22(5-2)15-17-11-9-16(10-12-17)14-21-20(23)18-7-6-8-19(13-18)24-3/h6-13H,4-5,14-15H2,1-3H3,(H,21,23)/p+1. The van der Waals surface area contributed by atoms with Crippen LogP contribution in [0.3, 0.4) is 0 Å². The van der Waals surface area contributed by atoms with Crippen molar-refractivity contribution in [3.05, 3.63) is 65.2 Å². The highest BCUT2D eigenvalue weighted by atomic mass is 16.5. The highest BCUT2D eigenvalue weighted by Gasteiger charge is 2.07. The van der Waals surface area contributed by atoms with E-state index < -0.39 is 0 Å². The van der Waals surface area contributed by atoms with Crippen LogP contribution in [0.15, 0.2) is 48.5 Å². The molecule has 4 nitrogen and oxygen atoms in total. The number of benzene rings is 2. The van der Waals surface area contributed by atoms with Crippen LogP contribution >= 0.6 is 0 Å². The van der Waals surface area contributed by atoms with Gasteiger partial charge in [-0.1, -0.05) is 30.3 Å². The summed E-state index contributed by atoms with van der Waals surface area (Å²) in [5.74, 6) is 0.594. The Labute approximate surface area is 144 Å². The number of hydrogen-bond donors (Lipinski definition) is 2. The molecule has 0 heterocycles. The Hall–Kier alpha value is -2.33. The van der Waals surface area contributed by atoms with Crippen molar-refractivity contribution in [2.24, 2.45) is 0 Å². The van der Waals surface area contributed by atoms with Crippen LogP contribution in [0.2, 0.25) is 0 Å². The molecule has 0 radical (unpaired) electrons. The van der Waals surface area contributed by atoms with E-state index in [2.05, 4.69) is 43.4 Å². The van der Waals surface area contributed by atoms with Crippen LogP contribution in [0.5, 0.6) is 5.75 Å². The van der Waals surface area contributed by atoms with Crippen molar-refractivity contribution in [1.29, 1.82) is 0 Å². The number of hydrogen-bond acceptors (Lipinski definition) is 2. The van der Waals surface area contributed by atoms with Gasteiger partial charge in [-0.05, 0) is 37.6 Å². The Morgan fingerprint density at radius 3 is 2.33 bits per heavy atom. The maximum absolute atomic E-state index is 12.2. The molecular formula is C20H27N2O2+. The van der Waals surface area contributed by atoms with Crippen molar-refractivity contribution < 1.29 is 14.4 Å². The fourth-order valence-corrected chi connectivity index (χ4v) is 2.61. The molecule has 0 bridgehead atoms. The topological polar surface area (TPSA) is 42.8 Å². The van der Waals surface area contributed by atoms with Crippen LogP contribution in [-0.2, 0) is 13.1 Å². The molecule has 0 spiro atoms. The lowest BCUT2D eigenvalue weighted by molar-refractivity contribution is -0.910. The van der Waals surface area contributed by atoms with E-state index in [1.807, 2.05) is 12.1 Å². The van der Waals surface area contributed by atoms with Crippen LogP contribution in [-0.4, -0.2) is 26.1 Å². The summed E-state index contributed by atoms with van der Waals surface area (Å²) in [5.41, 5.74) is 3.04. The highest BCUT2D eigenvalue weighted by molar-refractivity contribution is 5.94. The number of carbonyl (C=O) groups excluding carboxylic acids is 1. The van der Waals surface area contributed by atoms with E-state index >= 15 is 0 Å². The van der Waals surface area contributed by atoms with Crippen LogP contribution in [0.25, 0.3) is 0 Å². The molecule has 24 heavy (non-hydrogen) atoms. The molecule has 1 amide bonds. The minimum Gasteiger partial charge on any atom is -0.497 e. The van der Waals surface area contributed by atoms with Crippen molar-refractivity contribution in [2.45, 2.75) is 26.9 Å². The van der Waals surface area contributed by atoms with E-state index in [9.17, 15) is 4.79 Å². The molecule has 0 unspecified atom stereocenters. The Balaban J connectivity index is 1.90. The number of ether oxygens (including phenoxy) is 1. The predicted molar refractivity (Wildman–Crippen MR) is 96.4 cm³/mol. The number of carbonyl (C=O) groups is 1. The Morgan fingerprint density at radius 2 is 1.71 bits per heavy atom. The molecule has 0 aliphatic carbocycles. The summed E-state index contributed by atoms with van der Waals surface area (Å²) >= 11 is 0. The minimum absolute atomic E-state index is 0.0921. The monoisotopic (exact) mass is 327 g/mol. The Bertz CT molecular complexity index is 649. The molecule has 2 N–H and O–H groups in total. The molecule has 0 aliphatic rings. The number of nitrogens with one attached hydrogen (secondary N) is 2. The van der Waals surface area contributed by atoms with Gasteiger partial charge in [0.1, 0.15) is 12.3 Å². The molecule has 2 rings (SSSR count). The van der Waals surface area contributed by atoms with E-state index in [4.69, 9.17) is 4.74 Å². The summed E-state index contributed by atoms with van der Waals surface area (Å²) in [5, 5.41) is 2.95. The summed E-state index contributed by atoms with van der Waals surface area (Å²) in [6, 6.07) is 15.6. The van der Waals surface area contributed by atoms with Crippen molar-refractivity contribution >= 4 is 5.91 Å². The van der Waals surface area contributed by atoms with E-state index in [1.54, 1.807) is 24.1 Å². The van der Waals surface area contributed by atoms with E-state index in [0.717, 1.165) is 25.2 Å². The average molecular weight is 327 g/mol. The van der Waals surface area contributed by atoms with Crippen molar-refractivity contribution in [2.75, 3.05) is 20.2 Å². The summed E-state index contributed by atoms with van der Waals surface area (Å²) < 4.78 is 5.15. The Kier molecular flexibility index (Phi) is 6.82. The lowest BCUT2D eigenvalue weighted by atomic mass is 10.1. The van der Waals surface area contributed by atoms with E-state index in [-0.39, 0.29) is 5.91 Å². The zero-order valence-corrected chi connectivity index (χ0v) is 14.8. The average Bonchev–Trinajstić information content (AvgIpc) is 2.65. The van der Waals surface area contributed by atoms with Gasteiger partial charge in [0, 0.05) is 17.7 Å². The van der Waals surface area contributed by atoms with E-state index in [0.29, 0.717) is 17.9 Å². The van der Waals surface area contributed by atoms with Gasteiger partial charge in [-0.2, -0.15) is 0 Å². The third-order valence-electron chi connectivity index (χ3n) is 4.26. The van der Waals surface area contributed by atoms with Gasteiger partial charge in [0.2, 0.25) is 0 Å². The number of methoxy groups -OCH3 is 1. The van der Waals surface area contributed by atoms with Crippen LogP contribution < -0.4 is 15.0 Å². The number of amides is 1. The maximum atomic E-state index is 12.2. The third-order valence-corrected chi connectivity index (χ3v) is 4.26. The fraction of sp³-hybridized carbons (Fsp3) is 0.350. The van der Waals surface area contributed by atoms with Gasteiger partial charge in [-0.15, -0.1) is 0 Å². The molecule has 0 aliphatic heterocycles. The number of rotatable bonds is 8. The lowest BCUT2D eigenvalue weighted by Gasteiger charge is -2.15.